The number of hydrogen-bond acceptors (Lipinski definition) is 2. The van der Waals surface area contributed by atoms with Crippen molar-refractivity contribution in [2.45, 2.75) is 26.9 Å². The van der Waals surface area contributed by atoms with E-state index in [0.717, 1.165) is 24.3 Å². The van der Waals surface area contributed by atoms with E-state index in [1.165, 1.54) is 0 Å². The number of amides is 2. The van der Waals surface area contributed by atoms with Crippen LogP contribution in [0.15, 0.2) is 42.5 Å². The number of aryl methyl sites for hydroxylation is 1. The third kappa shape index (κ3) is 5.57. The van der Waals surface area contributed by atoms with Gasteiger partial charge in [-0.25, -0.2) is 0 Å². The van der Waals surface area contributed by atoms with E-state index in [1.54, 1.807) is 25.1 Å². The molecular formula is C20H21F3N2O2. The third-order valence-electron chi connectivity index (χ3n) is 3.88. The molecule has 0 bridgehead atoms. The smallest absolute Gasteiger partial charge is 0.352 e. The van der Waals surface area contributed by atoms with Crippen molar-refractivity contribution in [3.63, 3.8) is 0 Å². The molecule has 2 N–H and O–H groups in total. The summed E-state index contributed by atoms with van der Waals surface area (Å²) in [6.45, 7) is 6.28. The molecule has 0 radical (unpaired) electrons. The zero-order valence-corrected chi connectivity index (χ0v) is 15.3. The van der Waals surface area contributed by atoms with E-state index >= 15 is 0 Å². The molecule has 27 heavy (non-hydrogen) atoms. The number of benzene rings is 2. The van der Waals surface area contributed by atoms with Crippen LogP contribution in [-0.2, 0) is 6.18 Å². The number of alkyl halides is 3. The highest BCUT2D eigenvalue weighted by atomic mass is 19.4. The maximum Gasteiger partial charge on any atom is 0.416 e. The monoisotopic (exact) mass is 378 g/mol. The van der Waals surface area contributed by atoms with Gasteiger partial charge in [-0.2, -0.15) is 13.2 Å². The molecule has 0 unspecified atom stereocenters. The van der Waals surface area contributed by atoms with Crippen molar-refractivity contribution in [1.29, 1.82) is 0 Å². The lowest BCUT2D eigenvalue weighted by Crippen LogP contribution is -2.27. The van der Waals surface area contributed by atoms with E-state index in [1.807, 2.05) is 13.8 Å². The largest absolute Gasteiger partial charge is 0.416 e. The summed E-state index contributed by atoms with van der Waals surface area (Å²) in [5.41, 5.74) is 0.932. The van der Waals surface area contributed by atoms with Gasteiger partial charge in [-0.05, 0) is 60.9 Å². The third-order valence-corrected chi connectivity index (χ3v) is 3.88. The van der Waals surface area contributed by atoms with Crippen molar-refractivity contribution >= 4 is 17.5 Å². The van der Waals surface area contributed by atoms with Gasteiger partial charge in [0.05, 0.1) is 5.56 Å². The quantitative estimate of drug-likeness (QED) is 0.796. The highest BCUT2D eigenvalue weighted by molar-refractivity contribution is 6.05. The van der Waals surface area contributed by atoms with Crippen molar-refractivity contribution in [2.75, 3.05) is 11.9 Å². The highest BCUT2D eigenvalue weighted by Gasteiger charge is 2.30. The minimum atomic E-state index is -4.45. The number of rotatable bonds is 5. The number of anilines is 1. The first-order valence-electron chi connectivity index (χ1n) is 8.45. The molecule has 7 heteroatoms. The topological polar surface area (TPSA) is 58.2 Å². The maximum absolute atomic E-state index is 12.6. The summed E-state index contributed by atoms with van der Waals surface area (Å²) in [6, 6.07) is 8.82. The molecular weight excluding hydrogens is 357 g/mol. The summed E-state index contributed by atoms with van der Waals surface area (Å²) in [7, 11) is 0. The zero-order valence-electron chi connectivity index (χ0n) is 15.3. The van der Waals surface area contributed by atoms with Gasteiger partial charge < -0.3 is 10.6 Å². The second-order valence-electron chi connectivity index (χ2n) is 6.66. The Morgan fingerprint density at radius 1 is 0.963 bits per heavy atom. The summed E-state index contributed by atoms with van der Waals surface area (Å²) in [5.74, 6) is -0.395. The SMILES string of the molecule is Cc1cc(C(=O)NCC(C)C)ccc1NC(=O)c1ccc(C(F)(F)F)cc1. The van der Waals surface area contributed by atoms with Gasteiger partial charge >= 0.3 is 6.18 Å². The van der Waals surface area contributed by atoms with Crippen LogP contribution in [-0.4, -0.2) is 18.4 Å². The van der Waals surface area contributed by atoms with Crippen molar-refractivity contribution in [3.8, 4) is 0 Å². The Kier molecular flexibility index (Phi) is 6.25. The molecule has 0 fully saturated rings. The normalized spacial score (nSPS) is 11.4. The molecule has 0 aliphatic rings. The highest BCUT2D eigenvalue weighted by Crippen LogP contribution is 2.29. The van der Waals surface area contributed by atoms with E-state index < -0.39 is 17.6 Å². The van der Waals surface area contributed by atoms with Gasteiger partial charge in [0.25, 0.3) is 11.8 Å². The molecule has 2 rings (SSSR count). The van der Waals surface area contributed by atoms with Gasteiger partial charge in [-0.1, -0.05) is 13.8 Å². The lowest BCUT2D eigenvalue weighted by molar-refractivity contribution is -0.137. The Balaban J connectivity index is 2.08. The number of halogens is 3. The summed E-state index contributed by atoms with van der Waals surface area (Å²) < 4.78 is 37.8. The van der Waals surface area contributed by atoms with Crippen molar-refractivity contribution in [3.05, 3.63) is 64.7 Å². The first kappa shape index (κ1) is 20.5. The summed E-state index contributed by atoms with van der Waals surface area (Å²) in [6.07, 6.45) is -4.45. The van der Waals surface area contributed by atoms with E-state index in [-0.39, 0.29) is 11.5 Å². The first-order valence-corrected chi connectivity index (χ1v) is 8.45. The first-order chi connectivity index (χ1) is 12.6. The second kappa shape index (κ2) is 8.24. The summed E-state index contributed by atoms with van der Waals surface area (Å²) in [4.78, 5) is 24.3. The average Bonchev–Trinajstić information content (AvgIpc) is 2.60. The summed E-state index contributed by atoms with van der Waals surface area (Å²) >= 11 is 0. The van der Waals surface area contributed by atoms with E-state index in [0.29, 0.717) is 29.3 Å². The van der Waals surface area contributed by atoms with Crippen LogP contribution in [0.25, 0.3) is 0 Å². The van der Waals surface area contributed by atoms with Gasteiger partial charge in [-0.15, -0.1) is 0 Å². The fraction of sp³-hybridized carbons (Fsp3) is 0.300. The predicted molar refractivity (Wildman–Crippen MR) is 97.7 cm³/mol. The molecule has 2 amide bonds. The standard InChI is InChI=1S/C20H21F3N2O2/c1-12(2)11-24-18(26)15-6-9-17(13(3)10-15)25-19(27)14-4-7-16(8-5-14)20(21,22)23/h4-10,12H,11H2,1-3H3,(H,24,26)(H,25,27). The van der Waals surface area contributed by atoms with Crippen LogP contribution in [0.3, 0.4) is 0 Å². The molecule has 0 aliphatic carbocycles. The van der Waals surface area contributed by atoms with Crippen LogP contribution >= 0.6 is 0 Å². The predicted octanol–water partition coefficient (Wildman–Crippen LogP) is 4.65. The molecule has 0 heterocycles. The molecule has 0 spiro atoms. The van der Waals surface area contributed by atoms with Crippen molar-refractivity contribution in [1.82, 2.24) is 5.32 Å². The molecule has 0 saturated carbocycles. The molecule has 0 atom stereocenters. The van der Waals surface area contributed by atoms with Crippen LogP contribution < -0.4 is 10.6 Å². The van der Waals surface area contributed by atoms with E-state index in [9.17, 15) is 22.8 Å². The Hall–Kier alpha value is -2.83. The van der Waals surface area contributed by atoms with Crippen LogP contribution in [0.4, 0.5) is 18.9 Å². The molecule has 2 aromatic carbocycles. The molecule has 0 aliphatic heterocycles. The van der Waals surface area contributed by atoms with Crippen LogP contribution in [0, 0.1) is 12.8 Å². The number of carbonyl (C=O) groups excluding carboxylic acids is 2. The Bertz CT molecular complexity index is 828. The second-order valence-corrected chi connectivity index (χ2v) is 6.66. The molecule has 4 nitrogen and oxygen atoms in total. The minimum Gasteiger partial charge on any atom is -0.352 e. The minimum absolute atomic E-state index is 0.112. The lowest BCUT2D eigenvalue weighted by Gasteiger charge is -2.12. The lowest BCUT2D eigenvalue weighted by atomic mass is 10.1. The van der Waals surface area contributed by atoms with Crippen molar-refractivity contribution < 1.29 is 22.8 Å². The average molecular weight is 378 g/mol. The zero-order chi connectivity index (χ0) is 20.2. The number of hydrogen-bond donors (Lipinski definition) is 2. The fourth-order valence-corrected chi connectivity index (χ4v) is 2.35. The van der Waals surface area contributed by atoms with Gasteiger partial charge in [0, 0.05) is 23.4 Å². The number of carbonyl (C=O) groups is 2. The molecule has 144 valence electrons. The van der Waals surface area contributed by atoms with Crippen LogP contribution in [0.1, 0.15) is 45.7 Å². The Labute approximate surface area is 155 Å². The van der Waals surface area contributed by atoms with Gasteiger partial charge in [0.2, 0.25) is 0 Å². The summed E-state index contributed by atoms with van der Waals surface area (Å²) in [5, 5.41) is 5.46. The Morgan fingerprint density at radius 3 is 2.07 bits per heavy atom. The maximum atomic E-state index is 12.6. The molecule has 0 aromatic heterocycles. The van der Waals surface area contributed by atoms with Crippen LogP contribution in [0.5, 0.6) is 0 Å². The number of nitrogens with one attached hydrogen (secondary N) is 2. The van der Waals surface area contributed by atoms with E-state index in [2.05, 4.69) is 10.6 Å². The fourth-order valence-electron chi connectivity index (χ4n) is 2.35. The molecule has 2 aromatic rings. The van der Waals surface area contributed by atoms with Gasteiger partial charge in [-0.3, -0.25) is 9.59 Å². The molecule has 0 saturated heterocycles. The Morgan fingerprint density at radius 2 is 1.56 bits per heavy atom. The van der Waals surface area contributed by atoms with Gasteiger partial charge in [0.1, 0.15) is 0 Å². The van der Waals surface area contributed by atoms with Gasteiger partial charge in [0.15, 0.2) is 0 Å². The van der Waals surface area contributed by atoms with E-state index in [4.69, 9.17) is 0 Å². The van der Waals surface area contributed by atoms with Crippen LogP contribution in [0.2, 0.25) is 0 Å². The van der Waals surface area contributed by atoms with Crippen molar-refractivity contribution in [2.24, 2.45) is 5.92 Å².